The van der Waals surface area contributed by atoms with E-state index < -0.39 is 41.9 Å². The molecule has 0 aromatic rings. The summed E-state index contributed by atoms with van der Waals surface area (Å²) in [6, 6.07) is -1.60. The summed E-state index contributed by atoms with van der Waals surface area (Å²) in [5.41, 5.74) is 4.93. The van der Waals surface area contributed by atoms with E-state index in [4.69, 9.17) is 15.2 Å². The Morgan fingerprint density at radius 2 is 2.14 bits per heavy atom. The molecule has 10 nitrogen and oxygen atoms in total. The van der Waals surface area contributed by atoms with Gasteiger partial charge in [0, 0.05) is 19.8 Å². The molecule has 21 heavy (non-hydrogen) atoms. The van der Waals surface area contributed by atoms with Crippen LogP contribution < -0.4 is 5.73 Å². The van der Waals surface area contributed by atoms with Crippen molar-refractivity contribution in [1.82, 2.24) is 5.01 Å². The molecule has 0 bridgehead atoms. The molecule has 1 saturated heterocycles. The van der Waals surface area contributed by atoms with E-state index in [0.29, 0.717) is 5.01 Å². The fourth-order valence-electron chi connectivity index (χ4n) is 1.71. The minimum Gasteiger partial charge on any atom is -0.463 e. The molecule has 3 atom stereocenters. The minimum atomic E-state index is -1.60. The molecule has 2 N–H and O–H groups in total. The van der Waals surface area contributed by atoms with Crippen molar-refractivity contribution in [3.05, 3.63) is 12.8 Å². The zero-order valence-electron chi connectivity index (χ0n) is 11.0. The van der Waals surface area contributed by atoms with Gasteiger partial charge in [0.1, 0.15) is 6.61 Å². The second-order valence-electron chi connectivity index (χ2n) is 4.28. The minimum absolute atomic E-state index is 0.0284. The average Bonchev–Trinajstić information content (AvgIpc) is 2.87. The van der Waals surface area contributed by atoms with Gasteiger partial charge >= 0.3 is 11.9 Å². The third-order valence-corrected chi connectivity index (χ3v) is 2.70. The fraction of sp³-hybridized carbons (Fsp3) is 0.455. The van der Waals surface area contributed by atoms with Gasteiger partial charge in [0.05, 0.1) is 6.10 Å². The molecule has 0 saturated carbocycles. The van der Waals surface area contributed by atoms with Crippen molar-refractivity contribution in [3.8, 4) is 0 Å². The van der Waals surface area contributed by atoms with Gasteiger partial charge in [0.25, 0.3) is 11.7 Å². The number of carbonyl (C=O) groups excluding carboxylic acids is 4. The molecule has 3 unspecified atom stereocenters. The van der Waals surface area contributed by atoms with Crippen molar-refractivity contribution in [2.45, 2.75) is 25.3 Å². The molecular weight excluding hydrogens is 284 g/mol. The van der Waals surface area contributed by atoms with Crippen LogP contribution in [0, 0.1) is 12.8 Å². The van der Waals surface area contributed by atoms with Crippen molar-refractivity contribution in [2.24, 2.45) is 16.1 Å². The highest BCUT2D eigenvalue weighted by Crippen LogP contribution is 2.24. The van der Waals surface area contributed by atoms with Crippen LogP contribution in [0.3, 0.4) is 0 Å². The Balaban J connectivity index is 1.99. The lowest BCUT2D eigenvalue weighted by Gasteiger charge is -2.25. The van der Waals surface area contributed by atoms with E-state index in [1.165, 1.54) is 13.3 Å². The lowest BCUT2D eigenvalue weighted by molar-refractivity contribution is -0.160. The highest BCUT2D eigenvalue weighted by atomic mass is 16.6. The van der Waals surface area contributed by atoms with Gasteiger partial charge in [-0.1, -0.05) is 5.22 Å². The molecule has 112 valence electrons. The normalized spacial score (nSPS) is 28.8. The van der Waals surface area contributed by atoms with Crippen LogP contribution in [0.2, 0.25) is 0 Å². The van der Waals surface area contributed by atoms with Crippen molar-refractivity contribution in [3.63, 3.8) is 0 Å². The summed E-state index contributed by atoms with van der Waals surface area (Å²) in [5.74, 6) is -3.63. The molecule has 0 aromatic heterocycles. The molecule has 0 aromatic carbocycles. The Kier molecular flexibility index (Phi) is 4.26. The second kappa shape index (κ2) is 5.95. The lowest BCUT2D eigenvalue weighted by Crippen LogP contribution is -2.50. The summed E-state index contributed by atoms with van der Waals surface area (Å²) in [5, 5.41) is 7.57. The Morgan fingerprint density at radius 3 is 2.76 bits per heavy atom. The SMILES string of the molecule is CC(=O)OCC1[CH][CH]C(N2N=NC(C(N)=O)C(=O)C2=O)O1. The van der Waals surface area contributed by atoms with E-state index >= 15 is 0 Å². The summed E-state index contributed by atoms with van der Waals surface area (Å²) < 4.78 is 10.1. The summed E-state index contributed by atoms with van der Waals surface area (Å²) >= 11 is 0. The summed E-state index contributed by atoms with van der Waals surface area (Å²) in [7, 11) is 0. The van der Waals surface area contributed by atoms with Gasteiger partial charge in [-0.25, -0.2) is 0 Å². The zero-order chi connectivity index (χ0) is 15.6. The summed E-state index contributed by atoms with van der Waals surface area (Å²) in [4.78, 5) is 45.1. The van der Waals surface area contributed by atoms with Crippen molar-refractivity contribution < 1.29 is 28.7 Å². The number of nitrogens with zero attached hydrogens (tertiary/aromatic N) is 3. The highest BCUT2D eigenvalue weighted by molar-refractivity contribution is 6.42. The third-order valence-electron chi connectivity index (χ3n) is 2.70. The maximum Gasteiger partial charge on any atom is 0.316 e. The monoisotopic (exact) mass is 296 g/mol. The van der Waals surface area contributed by atoms with Gasteiger partial charge in [-0.05, 0) is 0 Å². The van der Waals surface area contributed by atoms with E-state index in [9.17, 15) is 19.2 Å². The van der Waals surface area contributed by atoms with E-state index in [1.54, 1.807) is 6.42 Å². The molecule has 10 heteroatoms. The highest BCUT2D eigenvalue weighted by Gasteiger charge is 2.43. The predicted molar refractivity (Wildman–Crippen MR) is 63.6 cm³/mol. The number of primary amides is 1. The lowest BCUT2D eigenvalue weighted by atomic mass is 10.1. The van der Waals surface area contributed by atoms with Crippen LogP contribution >= 0.6 is 0 Å². The van der Waals surface area contributed by atoms with E-state index in [0.717, 1.165) is 0 Å². The third kappa shape index (κ3) is 3.21. The molecule has 2 rings (SSSR count). The van der Waals surface area contributed by atoms with Crippen LogP contribution in [-0.4, -0.2) is 53.6 Å². The first-order chi connectivity index (χ1) is 9.90. The first kappa shape index (κ1) is 15.0. The van der Waals surface area contributed by atoms with Gasteiger partial charge in [-0.3, -0.25) is 19.2 Å². The summed E-state index contributed by atoms with van der Waals surface area (Å²) in [6.45, 7) is 1.22. The van der Waals surface area contributed by atoms with Crippen LogP contribution in [0.4, 0.5) is 0 Å². The molecule has 1 fully saturated rings. The second-order valence-corrected chi connectivity index (χ2v) is 4.28. The van der Waals surface area contributed by atoms with Gasteiger partial charge in [-0.2, -0.15) is 5.01 Å². The molecule has 2 heterocycles. The predicted octanol–water partition coefficient (Wildman–Crippen LogP) is -1.68. The first-order valence-corrected chi connectivity index (χ1v) is 5.94. The Bertz CT molecular complexity index is 519. The van der Waals surface area contributed by atoms with Crippen LogP contribution in [0.5, 0.6) is 0 Å². The number of carbonyl (C=O) groups is 4. The molecular formula is C11H12N4O6. The van der Waals surface area contributed by atoms with Crippen LogP contribution in [0.15, 0.2) is 10.3 Å². The van der Waals surface area contributed by atoms with Crippen molar-refractivity contribution >= 4 is 23.6 Å². The average molecular weight is 296 g/mol. The molecule has 0 spiro atoms. The first-order valence-electron chi connectivity index (χ1n) is 5.94. The van der Waals surface area contributed by atoms with E-state index in [-0.39, 0.29) is 6.61 Å². The fourth-order valence-corrected chi connectivity index (χ4v) is 1.71. The largest absolute Gasteiger partial charge is 0.463 e. The quantitative estimate of drug-likeness (QED) is 0.373. The number of rotatable bonds is 4. The number of hydrogen-bond acceptors (Lipinski definition) is 8. The zero-order valence-corrected chi connectivity index (χ0v) is 11.0. The number of ether oxygens (including phenoxy) is 2. The van der Waals surface area contributed by atoms with Gasteiger partial charge in [-0.15, -0.1) is 5.11 Å². The molecule has 2 aliphatic rings. The number of nitrogens with two attached hydrogens (primary N) is 1. The Hall–Kier alpha value is -2.36. The van der Waals surface area contributed by atoms with Gasteiger partial charge in [0.15, 0.2) is 6.23 Å². The van der Waals surface area contributed by atoms with E-state index in [2.05, 4.69) is 10.3 Å². The molecule has 2 amide bonds. The molecule has 2 radical (unpaired) electrons. The number of amides is 2. The molecule has 0 aliphatic carbocycles. The van der Waals surface area contributed by atoms with Crippen LogP contribution in [-0.2, 0) is 28.7 Å². The maximum atomic E-state index is 11.8. The maximum absolute atomic E-state index is 11.8. The van der Waals surface area contributed by atoms with E-state index in [1.807, 2.05) is 0 Å². The van der Waals surface area contributed by atoms with Crippen LogP contribution in [0.25, 0.3) is 0 Å². The van der Waals surface area contributed by atoms with Crippen molar-refractivity contribution in [2.75, 3.05) is 6.61 Å². The summed E-state index contributed by atoms with van der Waals surface area (Å²) in [6.07, 6.45) is 1.50. The number of hydrogen-bond donors (Lipinski definition) is 1. The van der Waals surface area contributed by atoms with Gasteiger partial charge in [0.2, 0.25) is 6.04 Å². The topological polar surface area (TPSA) is 141 Å². The van der Waals surface area contributed by atoms with Crippen molar-refractivity contribution in [1.29, 1.82) is 0 Å². The Labute approximate surface area is 119 Å². The molecule has 2 aliphatic heterocycles. The number of esters is 1. The standard InChI is InChI=1S/C11H12N4O6/c1-5(16)20-4-6-2-3-7(21-6)15-11(19)9(17)8(10(12)18)13-14-15/h2-3,6-8H,4H2,1H3,(H2,12,18). The number of ketones is 1. The van der Waals surface area contributed by atoms with Gasteiger partial charge < -0.3 is 15.2 Å². The van der Waals surface area contributed by atoms with Crippen LogP contribution in [0.1, 0.15) is 6.92 Å². The Morgan fingerprint density at radius 1 is 1.43 bits per heavy atom. The number of Topliss-reactive ketones (excluding diaryl/α,β-unsaturated/α-hetero) is 1. The smallest absolute Gasteiger partial charge is 0.316 e.